The largest absolute Gasteiger partial charge is 0.421 e. The van der Waals surface area contributed by atoms with Gasteiger partial charge in [-0.3, -0.25) is 0 Å². The van der Waals surface area contributed by atoms with Crippen molar-refractivity contribution in [3.63, 3.8) is 0 Å². The van der Waals surface area contributed by atoms with Crippen molar-refractivity contribution in [1.82, 2.24) is 0 Å². The Morgan fingerprint density at radius 1 is 1.21 bits per heavy atom. The van der Waals surface area contributed by atoms with E-state index in [1.807, 2.05) is 0 Å². The molecule has 0 atom stereocenters. The number of aryl methyl sites for hydroxylation is 1. The van der Waals surface area contributed by atoms with Crippen LogP contribution in [0, 0.1) is 12.7 Å². The zero-order valence-corrected chi connectivity index (χ0v) is 7.67. The van der Waals surface area contributed by atoms with E-state index in [1.54, 1.807) is 0 Å². The van der Waals surface area contributed by atoms with Gasteiger partial charge in [-0.05, 0) is 18.6 Å². The van der Waals surface area contributed by atoms with E-state index in [9.17, 15) is 17.6 Å². The van der Waals surface area contributed by atoms with Crippen molar-refractivity contribution in [2.24, 2.45) is 0 Å². The molecule has 0 saturated carbocycles. The van der Waals surface area contributed by atoms with Crippen LogP contribution in [0.3, 0.4) is 0 Å². The third-order valence-corrected chi connectivity index (χ3v) is 1.89. The highest BCUT2D eigenvalue weighted by atomic mass is 19.4. The lowest BCUT2D eigenvalue weighted by molar-refractivity contribution is -0.139. The molecule has 1 rings (SSSR count). The van der Waals surface area contributed by atoms with Crippen molar-refractivity contribution < 1.29 is 17.6 Å². The molecule has 0 aliphatic carbocycles. The van der Waals surface area contributed by atoms with Crippen LogP contribution in [-0.2, 0) is 6.18 Å². The van der Waals surface area contributed by atoms with E-state index in [0.29, 0.717) is 0 Å². The summed E-state index contributed by atoms with van der Waals surface area (Å²) in [4.78, 5) is 0. The molecular formula is C9H9F4N. The molecule has 1 aromatic rings. The predicted octanol–water partition coefficient (Wildman–Crippen LogP) is 3.19. The SMILES string of the molecule is CNc1ccc(C)c(F)c1C(F)(F)F. The zero-order valence-electron chi connectivity index (χ0n) is 7.67. The Morgan fingerprint density at radius 2 is 1.79 bits per heavy atom. The number of alkyl halides is 3. The second kappa shape index (κ2) is 3.48. The van der Waals surface area contributed by atoms with Crippen LogP contribution >= 0.6 is 0 Å². The number of rotatable bonds is 1. The maximum Gasteiger partial charge on any atom is 0.421 e. The predicted molar refractivity (Wildman–Crippen MR) is 45.7 cm³/mol. The van der Waals surface area contributed by atoms with E-state index in [0.717, 1.165) is 0 Å². The summed E-state index contributed by atoms with van der Waals surface area (Å²) in [5, 5.41) is 2.31. The van der Waals surface area contributed by atoms with Gasteiger partial charge in [0.1, 0.15) is 11.4 Å². The molecule has 14 heavy (non-hydrogen) atoms. The minimum absolute atomic E-state index is 0.0173. The molecule has 0 aromatic heterocycles. The Kier molecular flexibility index (Phi) is 2.69. The Hall–Kier alpha value is -1.26. The van der Waals surface area contributed by atoms with Crippen LogP contribution in [0.4, 0.5) is 23.2 Å². The number of halogens is 4. The molecule has 0 radical (unpaired) electrons. The van der Waals surface area contributed by atoms with E-state index >= 15 is 0 Å². The van der Waals surface area contributed by atoms with Crippen molar-refractivity contribution in [1.29, 1.82) is 0 Å². The normalized spacial score (nSPS) is 11.6. The highest BCUT2D eigenvalue weighted by Gasteiger charge is 2.37. The minimum Gasteiger partial charge on any atom is -0.388 e. The first-order valence-corrected chi connectivity index (χ1v) is 3.92. The number of hydrogen-bond acceptors (Lipinski definition) is 1. The standard InChI is InChI=1S/C9H9F4N/c1-5-3-4-6(14-2)7(8(5)10)9(11,12)13/h3-4,14H,1-2H3. The molecule has 1 N–H and O–H groups in total. The fourth-order valence-electron chi connectivity index (χ4n) is 1.17. The fraction of sp³-hybridized carbons (Fsp3) is 0.333. The summed E-state index contributed by atoms with van der Waals surface area (Å²) >= 11 is 0. The molecule has 5 heteroatoms. The summed E-state index contributed by atoms with van der Waals surface area (Å²) in [6.07, 6.45) is -4.67. The molecule has 0 amide bonds. The molecule has 78 valence electrons. The second-order valence-corrected chi connectivity index (χ2v) is 2.87. The quantitative estimate of drug-likeness (QED) is 0.697. The van der Waals surface area contributed by atoms with Crippen molar-refractivity contribution in [3.8, 4) is 0 Å². The number of anilines is 1. The van der Waals surface area contributed by atoms with E-state index in [2.05, 4.69) is 5.32 Å². The third kappa shape index (κ3) is 1.81. The Morgan fingerprint density at radius 3 is 2.21 bits per heavy atom. The van der Waals surface area contributed by atoms with Crippen molar-refractivity contribution in [2.45, 2.75) is 13.1 Å². The van der Waals surface area contributed by atoms with E-state index in [4.69, 9.17) is 0 Å². The molecule has 0 saturated heterocycles. The summed E-state index contributed by atoms with van der Waals surface area (Å²) in [7, 11) is 1.32. The smallest absolute Gasteiger partial charge is 0.388 e. The average Bonchev–Trinajstić information content (AvgIpc) is 2.07. The van der Waals surface area contributed by atoms with Gasteiger partial charge >= 0.3 is 6.18 Å². The highest BCUT2D eigenvalue weighted by Crippen LogP contribution is 2.37. The Bertz CT molecular complexity index is 343. The van der Waals surface area contributed by atoms with Crippen LogP contribution in [0.2, 0.25) is 0 Å². The lowest BCUT2D eigenvalue weighted by Gasteiger charge is -2.14. The molecule has 0 bridgehead atoms. The van der Waals surface area contributed by atoms with Gasteiger partial charge in [-0.2, -0.15) is 13.2 Å². The van der Waals surface area contributed by atoms with Crippen LogP contribution in [0.25, 0.3) is 0 Å². The first-order valence-electron chi connectivity index (χ1n) is 3.92. The summed E-state index contributed by atoms with van der Waals surface area (Å²) in [6, 6.07) is 2.51. The first kappa shape index (κ1) is 10.8. The van der Waals surface area contributed by atoms with Gasteiger partial charge < -0.3 is 5.32 Å². The van der Waals surface area contributed by atoms with E-state index in [-0.39, 0.29) is 11.3 Å². The summed E-state index contributed by atoms with van der Waals surface area (Å²) in [5.41, 5.74) is -1.50. The van der Waals surface area contributed by atoms with Crippen molar-refractivity contribution in [3.05, 3.63) is 29.1 Å². The van der Waals surface area contributed by atoms with E-state index < -0.39 is 17.6 Å². The third-order valence-electron chi connectivity index (χ3n) is 1.89. The second-order valence-electron chi connectivity index (χ2n) is 2.87. The van der Waals surface area contributed by atoms with Crippen molar-refractivity contribution in [2.75, 3.05) is 12.4 Å². The van der Waals surface area contributed by atoms with E-state index in [1.165, 1.54) is 26.1 Å². The summed E-state index contributed by atoms with van der Waals surface area (Å²) < 4.78 is 50.4. The van der Waals surface area contributed by atoms with Crippen LogP contribution in [0.15, 0.2) is 12.1 Å². The summed E-state index contributed by atoms with van der Waals surface area (Å²) in [6.45, 7) is 1.30. The molecule has 0 spiro atoms. The molecule has 0 fully saturated rings. The monoisotopic (exact) mass is 207 g/mol. The Balaban J connectivity index is 3.44. The van der Waals surface area contributed by atoms with Gasteiger partial charge in [0, 0.05) is 12.7 Å². The Labute approximate surface area is 78.7 Å². The van der Waals surface area contributed by atoms with Crippen LogP contribution in [-0.4, -0.2) is 7.05 Å². The van der Waals surface area contributed by atoms with Gasteiger partial charge in [0.05, 0.1) is 0 Å². The molecular weight excluding hydrogens is 198 g/mol. The molecule has 0 aliphatic rings. The van der Waals surface area contributed by atoms with Crippen molar-refractivity contribution >= 4 is 5.69 Å². The van der Waals surface area contributed by atoms with Crippen LogP contribution < -0.4 is 5.32 Å². The molecule has 0 heterocycles. The zero-order chi connectivity index (χ0) is 10.9. The molecule has 1 aromatic carbocycles. The topological polar surface area (TPSA) is 12.0 Å². The molecule has 0 aliphatic heterocycles. The lowest BCUT2D eigenvalue weighted by Crippen LogP contribution is -2.12. The summed E-state index contributed by atoms with van der Waals surface area (Å²) in [5.74, 6) is -1.22. The van der Waals surface area contributed by atoms with Gasteiger partial charge in [-0.1, -0.05) is 6.07 Å². The number of benzene rings is 1. The van der Waals surface area contributed by atoms with Gasteiger partial charge in [-0.15, -0.1) is 0 Å². The van der Waals surface area contributed by atoms with Gasteiger partial charge in [0.2, 0.25) is 0 Å². The molecule has 0 unspecified atom stereocenters. The first-order chi connectivity index (χ1) is 6.38. The van der Waals surface area contributed by atoms with Crippen LogP contribution in [0.1, 0.15) is 11.1 Å². The minimum atomic E-state index is -4.67. The highest BCUT2D eigenvalue weighted by molar-refractivity contribution is 5.54. The van der Waals surface area contributed by atoms with Crippen LogP contribution in [0.5, 0.6) is 0 Å². The molecule has 1 nitrogen and oxygen atoms in total. The number of hydrogen-bond donors (Lipinski definition) is 1. The van der Waals surface area contributed by atoms with Gasteiger partial charge in [0.15, 0.2) is 0 Å². The fourth-order valence-corrected chi connectivity index (χ4v) is 1.17. The maximum atomic E-state index is 13.2. The van der Waals surface area contributed by atoms with Gasteiger partial charge in [-0.25, -0.2) is 4.39 Å². The van der Waals surface area contributed by atoms with Gasteiger partial charge in [0.25, 0.3) is 0 Å². The maximum absolute atomic E-state index is 13.2. The average molecular weight is 207 g/mol. The number of nitrogens with one attached hydrogen (secondary N) is 1. The lowest BCUT2D eigenvalue weighted by atomic mass is 10.1.